The Balaban J connectivity index is 2.34. The second-order valence-corrected chi connectivity index (χ2v) is 7.20. The predicted octanol–water partition coefficient (Wildman–Crippen LogP) is 1.89. The molecule has 0 bridgehead atoms. The molecule has 1 heterocycles. The third-order valence-corrected chi connectivity index (χ3v) is 3.92. The highest BCUT2D eigenvalue weighted by atomic mass is 15.3. The Kier molecular flexibility index (Phi) is 6.09. The predicted molar refractivity (Wildman–Crippen MR) is 80.0 cm³/mol. The van der Waals surface area contributed by atoms with Crippen LogP contribution in [0, 0.1) is 11.3 Å². The number of hydrogen-bond acceptors (Lipinski definition) is 3. The van der Waals surface area contributed by atoms with Crippen LogP contribution in [0.25, 0.3) is 0 Å². The molecular formula is C15H33N3. The van der Waals surface area contributed by atoms with E-state index in [1.807, 2.05) is 0 Å². The molecule has 108 valence electrons. The fraction of sp³-hybridized carbons (Fsp3) is 1.00. The van der Waals surface area contributed by atoms with Crippen molar-refractivity contribution in [3.63, 3.8) is 0 Å². The van der Waals surface area contributed by atoms with Crippen molar-refractivity contribution in [2.75, 3.05) is 46.3 Å². The van der Waals surface area contributed by atoms with Crippen molar-refractivity contribution in [2.24, 2.45) is 11.3 Å². The Morgan fingerprint density at radius 3 is 1.72 bits per heavy atom. The minimum Gasteiger partial charge on any atom is -0.315 e. The summed E-state index contributed by atoms with van der Waals surface area (Å²) in [5.41, 5.74) is 0.337. The van der Waals surface area contributed by atoms with Gasteiger partial charge in [-0.15, -0.1) is 0 Å². The van der Waals surface area contributed by atoms with Crippen LogP contribution < -0.4 is 5.32 Å². The highest BCUT2D eigenvalue weighted by Gasteiger charge is 2.26. The standard InChI is InChI=1S/C15H33N3/c1-13(2)11-17-7-9-18(10-8-17)12-14(16-6)15(3,4)5/h13-14,16H,7-12H2,1-6H3. The monoisotopic (exact) mass is 255 g/mol. The fourth-order valence-electron chi connectivity index (χ4n) is 2.73. The first-order valence-corrected chi connectivity index (χ1v) is 7.45. The van der Waals surface area contributed by atoms with Crippen molar-refractivity contribution >= 4 is 0 Å². The maximum Gasteiger partial charge on any atom is 0.0240 e. The second-order valence-electron chi connectivity index (χ2n) is 7.20. The summed E-state index contributed by atoms with van der Waals surface area (Å²) in [6.45, 7) is 18.9. The molecule has 1 rings (SSSR count). The molecule has 0 amide bonds. The first-order chi connectivity index (χ1) is 8.32. The lowest BCUT2D eigenvalue weighted by Gasteiger charge is -2.40. The first-order valence-electron chi connectivity index (χ1n) is 7.45. The van der Waals surface area contributed by atoms with E-state index in [-0.39, 0.29) is 0 Å². The molecule has 0 aromatic carbocycles. The topological polar surface area (TPSA) is 18.5 Å². The Morgan fingerprint density at radius 1 is 0.944 bits per heavy atom. The van der Waals surface area contributed by atoms with Crippen LogP contribution in [0.4, 0.5) is 0 Å². The highest BCUT2D eigenvalue weighted by Crippen LogP contribution is 2.20. The molecule has 3 nitrogen and oxygen atoms in total. The summed E-state index contributed by atoms with van der Waals surface area (Å²) in [6, 6.07) is 0.578. The van der Waals surface area contributed by atoms with Gasteiger partial charge in [0.2, 0.25) is 0 Å². The summed E-state index contributed by atoms with van der Waals surface area (Å²) in [5.74, 6) is 0.788. The van der Waals surface area contributed by atoms with Crippen molar-refractivity contribution in [1.82, 2.24) is 15.1 Å². The lowest BCUT2D eigenvalue weighted by molar-refractivity contribution is 0.0979. The van der Waals surface area contributed by atoms with Crippen LogP contribution in [0.3, 0.4) is 0 Å². The SMILES string of the molecule is CNC(CN1CCN(CC(C)C)CC1)C(C)(C)C. The average molecular weight is 255 g/mol. The Bertz CT molecular complexity index is 224. The van der Waals surface area contributed by atoms with Crippen LogP contribution in [0.15, 0.2) is 0 Å². The van der Waals surface area contributed by atoms with Crippen LogP contribution in [-0.2, 0) is 0 Å². The number of piperazine rings is 1. The zero-order valence-electron chi connectivity index (χ0n) is 13.3. The zero-order chi connectivity index (χ0) is 13.8. The van der Waals surface area contributed by atoms with E-state index in [1.165, 1.54) is 39.3 Å². The normalized spacial score (nSPS) is 21.5. The third-order valence-electron chi connectivity index (χ3n) is 3.92. The van der Waals surface area contributed by atoms with E-state index >= 15 is 0 Å². The van der Waals surface area contributed by atoms with Crippen molar-refractivity contribution in [3.8, 4) is 0 Å². The van der Waals surface area contributed by atoms with Gasteiger partial charge >= 0.3 is 0 Å². The molecule has 0 saturated carbocycles. The molecular weight excluding hydrogens is 222 g/mol. The molecule has 0 spiro atoms. The molecule has 1 aliphatic heterocycles. The number of hydrogen-bond donors (Lipinski definition) is 1. The van der Waals surface area contributed by atoms with Crippen LogP contribution in [-0.4, -0.2) is 62.2 Å². The van der Waals surface area contributed by atoms with Gasteiger partial charge in [0.15, 0.2) is 0 Å². The van der Waals surface area contributed by atoms with Crippen molar-refractivity contribution in [1.29, 1.82) is 0 Å². The number of rotatable bonds is 5. The fourth-order valence-corrected chi connectivity index (χ4v) is 2.73. The summed E-state index contributed by atoms with van der Waals surface area (Å²) < 4.78 is 0. The van der Waals surface area contributed by atoms with Gasteiger partial charge in [-0.1, -0.05) is 34.6 Å². The van der Waals surface area contributed by atoms with Gasteiger partial charge in [-0.25, -0.2) is 0 Å². The van der Waals surface area contributed by atoms with E-state index in [9.17, 15) is 0 Å². The maximum absolute atomic E-state index is 3.48. The van der Waals surface area contributed by atoms with Gasteiger partial charge in [0.05, 0.1) is 0 Å². The molecule has 1 saturated heterocycles. The van der Waals surface area contributed by atoms with Gasteiger partial charge < -0.3 is 10.2 Å². The molecule has 1 aliphatic rings. The molecule has 0 aliphatic carbocycles. The van der Waals surface area contributed by atoms with Gasteiger partial charge in [-0.05, 0) is 18.4 Å². The molecule has 0 aromatic rings. The van der Waals surface area contributed by atoms with Gasteiger partial charge in [0.1, 0.15) is 0 Å². The van der Waals surface area contributed by atoms with Crippen LogP contribution in [0.1, 0.15) is 34.6 Å². The highest BCUT2D eigenvalue weighted by molar-refractivity contribution is 4.84. The van der Waals surface area contributed by atoms with Crippen molar-refractivity contribution in [3.05, 3.63) is 0 Å². The Labute approximate surface area is 114 Å². The largest absolute Gasteiger partial charge is 0.315 e. The van der Waals surface area contributed by atoms with Gasteiger partial charge in [0, 0.05) is 45.3 Å². The lowest BCUT2D eigenvalue weighted by Crippen LogP contribution is -2.53. The van der Waals surface area contributed by atoms with E-state index < -0.39 is 0 Å². The minimum absolute atomic E-state index is 0.337. The smallest absolute Gasteiger partial charge is 0.0240 e. The molecule has 0 aromatic heterocycles. The molecule has 18 heavy (non-hydrogen) atoms. The van der Waals surface area contributed by atoms with Gasteiger partial charge in [-0.2, -0.15) is 0 Å². The first kappa shape index (κ1) is 15.9. The molecule has 1 unspecified atom stereocenters. The van der Waals surface area contributed by atoms with Crippen LogP contribution in [0.2, 0.25) is 0 Å². The van der Waals surface area contributed by atoms with E-state index in [0.717, 1.165) is 5.92 Å². The quantitative estimate of drug-likeness (QED) is 0.809. The Hall–Kier alpha value is -0.120. The summed E-state index contributed by atoms with van der Waals surface area (Å²) in [5, 5.41) is 3.48. The summed E-state index contributed by atoms with van der Waals surface area (Å²) in [6.07, 6.45) is 0. The molecule has 1 N–H and O–H groups in total. The number of nitrogens with zero attached hydrogens (tertiary/aromatic N) is 2. The minimum atomic E-state index is 0.337. The molecule has 1 fully saturated rings. The summed E-state index contributed by atoms with van der Waals surface area (Å²) in [7, 11) is 2.09. The molecule has 0 radical (unpaired) electrons. The van der Waals surface area contributed by atoms with Crippen LogP contribution in [0.5, 0.6) is 0 Å². The summed E-state index contributed by atoms with van der Waals surface area (Å²) >= 11 is 0. The van der Waals surface area contributed by atoms with Gasteiger partial charge in [-0.3, -0.25) is 4.90 Å². The maximum atomic E-state index is 3.48. The average Bonchev–Trinajstić information content (AvgIpc) is 2.25. The van der Waals surface area contributed by atoms with E-state index in [0.29, 0.717) is 11.5 Å². The van der Waals surface area contributed by atoms with Crippen molar-refractivity contribution in [2.45, 2.75) is 40.7 Å². The van der Waals surface area contributed by atoms with E-state index in [2.05, 4.69) is 56.8 Å². The molecule has 1 atom stereocenters. The third kappa shape index (κ3) is 5.25. The second kappa shape index (κ2) is 6.88. The zero-order valence-corrected chi connectivity index (χ0v) is 13.3. The van der Waals surface area contributed by atoms with Crippen LogP contribution >= 0.6 is 0 Å². The number of nitrogens with one attached hydrogen (secondary N) is 1. The van der Waals surface area contributed by atoms with Crippen molar-refractivity contribution < 1.29 is 0 Å². The Morgan fingerprint density at radius 2 is 1.39 bits per heavy atom. The molecule has 3 heteroatoms. The van der Waals surface area contributed by atoms with E-state index in [1.54, 1.807) is 0 Å². The lowest BCUT2D eigenvalue weighted by atomic mass is 9.86. The van der Waals surface area contributed by atoms with Gasteiger partial charge in [0.25, 0.3) is 0 Å². The van der Waals surface area contributed by atoms with E-state index in [4.69, 9.17) is 0 Å². The number of likely N-dealkylation sites (N-methyl/N-ethyl adjacent to an activating group) is 1. The summed E-state index contributed by atoms with van der Waals surface area (Å²) in [4.78, 5) is 5.22.